The van der Waals surface area contributed by atoms with Gasteiger partial charge in [-0.1, -0.05) is 12.1 Å². The Morgan fingerprint density at radius 3 is 2.79 bits per heavy atom. The van der Waals surface area contributed by atoms with E-state index in [1.54, 1.807) is 0 Å². The van der Waals surface area contributed by atoms with Crippen molar-refractivity contribution in [1.29, 1.82) is 0 Å². The third kappa shape index (κ3) is 6.25. The standard InChI is InChI=1S/C15H23NO3/c1-4-18-14-8-6-7-13(10-14)11-16-12(3)9-15(17)19-5-2/h6-8,10,12,16H,4-5,9,11H2,1-3H3. The minimum atomic E-state index is -0.162. The molecular weight excluding hydrogens is 242 g/mol. The Morgan fingerprint density at radius 1 is 1.32 bits per heavy atom. The molecule has 0 aliphatic heterocycles. The number of nitrogens with one attached hydrogen (secondary N) is 1. The smallest absolute Gasteiger partial charge is 0.307 e. The molecule has 0 aliphatic rings. The zero-order chi connectivity index (χ0) is 14.1. The van der Waals surface area contributed by atoms with Crippen molar-refractivity contribution in [2.45, 2.75) is 39.8 Å². The van der Waals surface area contributed by atoms with Crippen LogP contribution in [0.3, 0.4) is 0 Å². The molecule has 1 N–H and O–H groups in total. The van der Waals surface area contributed by atoms with Crippen LogP contribution in [0, 0.1) is 0 Å². The van der Waals surface area contributed by atoms with Crippen molar-refractivity contribution in [1.82, 2.24) is 5.32 Å². The highest BCUT2D eigenvalue weighted by atomic mass is 16.5. The monoisotopic (exact) mass is 265 g/mol. The average Bonchev–Trinajstić information content (AvgIpc) is 2.37. The summed E-state index contributed by atoms with van der Waals surface area (Å²) in [4.78, 5) is 11.3. The average molecular weight is 265 g/mol. The van der Waals surface area contributed by atoms with E-state index in [-0.39, 0.29) is 12.0 Å². The summed E-state index contributed by atoms with van der Waals surface area (Å²) in [7, 11) is 0. The first-order valence-electron chi connectivity index (χ1n) is 6.76. The number of hydrogen-bond donors (Lipinski definition) is 1. The number of rotatable bonds is 8. The van der Waals surface area contributed by atoms with Gasteiger partial charge in [-0.05, 0) is 38.5 Å². The fourth-order valence-electron chi connectivity index (χ4n) is 1.75. The second kappa shape index (κ2) is 8.53. The molecule has 0 bridgehead atoms. The van der Waals surface area contributed by atoms with Gasteiger partial charge in [0, 0.05) is 12.6 Å². The van der Waals surface area contributed by atoms with Gasteiger partial charge in [-0.25, -0.2) is 0 Å². The summed E-state index contributed by atoms with van der Waals surface area (Å²) in [5, 5.41) is 3.30. The van der Waals surface area contributed by atoms with E-state index in [9.17, 15) is 4.79 Å². The normalized spacial score (nSPS) is 11.9. The summed E-state index contributed by atoms with van der Waals surface area (Å²) < 4.78 is 10.4. The van der Waals surface area contributed by atoms with Crippen LogP contribution in [0.15, 0.2) is 24.3 Å². The molecule has 1 atom stereocenters. The SMILES string of the molecule is CCOC(=O)CC(C)NCc1cccc(OCC)c1. The van der Waals surface area contributed by atoms with Gasteiger partial charge >= 0.3 is 5.97 Å². The van der Waals surface area contributed by atoms with Crippen molar-refractivity contribution in [2.24, 2.45) is 0 Å². The highest BCUT2D eigenvalue weighted by Crippen LogP contribution is 2.13. The van der Waals surface area contributed by atoms with Crippen LogP contribution in [-0.2, 0) is 16.1 Å². The molecule has 1 aromatic rings. The molecule has 0 spiro atoms. The molecule has 4 nitrogen and oxygen atoms in total. The van der Waals surface area contributed by atoms with Crippen LogP contribution in [0.2, 0.25) is 0 Å². The van der Waals surface area contributed by atoms with Gasteiger partial charge < -0.3 is 14.8 Å². The van der Waals surface area contributed by atoms with Gasteiger partial charge in [0.05, 0.1) is 19.6 Å². The first-order chi connectivity index (χ1) is 9.15. The summed E-state index contributed by atoms with van der Waals surface area (Å²) in [5.41, 5.74) is 1.14. The predicted molar refractivity (Wildman–Crippen MR) is 75.2 cm³/mol. The number of ether oxygens (including phenoxy) is 2. The van der Waals surface area contributed by atoms with E-state index in [1.165, 1.54) is 0 Å². The summed E-state index contributed by atoms with van der Waals surface area (Å²) in [6.45, 7) is 7.56. The topological polar surface area (TPSA) is 47.6 Å². The molecule has 0 saturated heterocycles. The Balaban J connectivity index is 2.39. The fourth-order valence-corrected chi connectivity index (χ4v) is 1.75. The van der Waals surface area contributed by atoms with Gasteiger partial charge in [0.2, 0.25) is 0 Å². The van der Waals surface area contributed by atoms with Crippen molar-refractivity contribution in [3.05, 3.63) is 29.8 Å². The zero-order valence-corrected chi connectivity index (χ0v) is 11.9. The van der Waals surface area contributed by atoms with E-state index in [0.717, 1.165) is 11.3 Å². The van der Waals surface area contributed by atoms with Crippen molar-refractivity contribution in [2.75, 3.05) is 13.2 Å². The summed E-state index contributed by atoms with van der Waals surface area (Å²) >= 11 is 0. The van der Waals surface area contributed by atoms with Crippen molar-refractivity contribution in [3.63, 3.8) is 0 Å². The Hall–Kier alpha value is -1.55. The lowest BCUT2D eigenvalue weighted by Gasteiger charge is -2.13. The van der Waals surface area contributed by atoms with Crippen LogP contribution in [0.4, 0.5) is 0 Å². The molecule has 0 fully saturated rings. The van der Waals surface area contributed by atoms with E-state index < -0.39 is 0 Å². The molecule has 0 heterocycles. The van der Waals surface area contributed by atoms with Gasteiger partial charge in [0.1, 0.15) is 5.75 Å². The number of hydrogen-bond acceptors (Lipinski definition) is 4. The molecule has 1 rings (SSSR count). The molecule has 1 aromatic carbocycles. The first kappa shape index (κ1) is 15.5. The molecule has 106 valence electrons. The summed E-state index contributed by atoms with van der Waals surface area (Å²) in [5.74, 6) is 0.713. The van der Waals surface area contributed by atoms with Crippen LogP contribution in [0.5, 0.6) is 5.75 Å². The van der Waals surface area contributed by atoms with E-state index in [2.05, 4.69) is 5.32 Å². The second-order valence-electron chi connectivity index (χ2n) is 4.37. The number of carbonyl (C=O) groups excluding carboxylic acids is 1. The third-order valence-corrected chi connectivity index (χ3v) is 2.64. The molecule has 0 aromatic heterocycles. The molecule has 1 unspecified atom stereocenters. The van der Waals surface area contributed by atoms with Gasteiger partial charge in [0.15, 0.2) is 0 Å². The maximum atomic E-state index is 11.3. The van der Waals surface area contributed by atoms with Crippen molar-refractivity contribution < 1.29 is 14.3 Å². The Bertz CT molecular complexity index is 393. The van der Waals surface area contributed by atoms with Crippen LogP contribution in [0.1, 0.15) is 32.8 Å². The van der Waals surface area contributed by atoms with Gasteiger partial charge in [0.25, 0.3) is 0 Å². The van der Waals surface area contributed by atoms with E-state index >= 15 is 0 Å². The highest BCUT2D eigenvalue weighted by Gasteiger charge is 2.09. The number of benzene rings is 1. The van der Waals surface area contributed by atoms with Crippen LogP contribution in [-0.4, -0.2) is 25.2 Å². The summed E-state index contributed by atoms with van der Waals surface area (Å²) in [6.07, 6.45) is 0.388. The minimum absolute atomic E-state index is 0.0924. The van der Waals surface area contributed by atoms with Crippen LogP contribution < -0.4 is 10.1 Å². The Labute approximate surface area is 115 Å². The van der Waals surface area contributed by atoms with E-state index in [4.69, 9.17) is 9.47 Å². The number of esters is 1. The number of carbonyl (C=O) groups is 1. The zero-order valence-electron chi connectivity index (χ0n) is 11.9. The quantitative estimate of drug-likeness (QED) is 0.734. The maximum Gasteiger partial charge on any atom is 0.307 e. The third-order valence-electron chi connectivity index (χ3n) is 2.64. The lowest BCUT2D eigenvalue weighted by molar-refractivity contribution is -0.143. The molecule has 0 aliphatic carbocycles. The Morgan fingerprint density at radius 2 is 2.11 bits per heavy atom. The first-order valence-corrected chi connectivity index (χ1v) is 6.76. The van der Waals surface area contributed by atoms with Crippen molar-refractivity contribution in [3.8, 4) is 5.75 Å². The van der Waals surface area contributed by atoms with Gasteiger partial charge in [-0.3, -0.25) is 4.79 Å². The molecule has 0 saturated carbocycles. The Kier molecular flexibility index (Phi) is 6.97. The van der Waals surface area contributed by atoms with Gasteiger partial charge in [-0.15, -0.1) is 0 Å². The maximum absolute atomic E-state index is 11.3. The van der Waals surface area contributed by atoms with Gasteiger partial charge in [-0.2, -0.15) is 0 Å². The molecule has 4 heteroatoms. The largest absolute Gasteiger partial charge is 0.494 e. The second-order valence-corrected chi connectivity index (χ2v) is 4.37. The van der Waals surface area contributed by atoms with E-state index in [0.29, 0.717) is 26.2 Å². The van der Waals surface area contributed by atoms with E-state index in [1.807, 2.05) is 45.0 Å². The lowest BCUT2D eigenvalue weighted by atomic mass is 10.2. The summed E-state index contributed by atoms with van der Waals surface area (Å²) in [6, 6.07) is 8.04. The van der Waals surface area contributed by atoms with Crippen LogP contribution >= 0.6 is 0 Å². The molecular formula is C15H23NO3. The minimum Gasteiger partial charge on any atom is -0.494 e. The molecule has 19 heavy (non-hydrogen) atoms. The highest BCUT2D eigenvalue weighted by molar-refractivity contribution is 5.70. The predicted octanol–water partition coefficient (Wildman–Crippen LogP) is 2.52. The fraction of sp³-hybridized carbons (Fsp3) is 0.533. The lowest BCUT2D eigenvalue weighted by Crippen LogP contribution is -2.28. The van der Waals surface area contributed by atoms with Crippen LogP contribution in [0.25, 0.3) is 0 Å². The molecule has 0 radical (unpaired) electrons. The van der Waals surface area contributed by atoms with Crippen molar-refractivity contribution >= 4 is 5.97 Å². The molecule has 0 amide bonds.